The number of hydrogen-bond acceptors (Lipinski definition) is 2. The third kappa shape index (κ3) is 3.80. The van der Waals surface area contributed by atoms with Crippen LogP contribution in [0.1, 0.15) is 36.8 Å². The highest BCUT2D eigenvalue weighted by atomic mass is 15.1. The summed E-state index contributed by atoms with van der Waals surface area (Å²) >= 11 is 0. The zero-order valence-corrected chi connectivity index (χ0v) is 11.9. The second-order valence-corrected chi connectivity index (χ2v) is 6.22. The van der Waals surface area contributed by atoms with Gasteiger partial charge < -0.3 is 5.32 Å². The summed E-state index contributed by atoms with van der Waals surface area (Å²) in [6, 6.07) is 9.28. The van der Waals surface area contributed by atoms with Gasteiger partial charge in [-0.25, -0.2) is 0 Å². The lowest BCUT2D eigenvalue weighted by Gasteiger charge is -2.23. The van der Waals surface area contributed by atoms with Crippen LogP contribution in [0.4, 0.5) is 0 Å². The van der Waals surface area contributed by atoms with E-state index in [1.807, 2.05) is 0 Å². The van der Waals surface area contributed by atoms with Gasteiger partial charge in [-0.2, -0.15) is 0 Å². The molecule has 3 rings (SSSR count). The van der Waals surface area contributed by atoms with E-state index in [1.54, 1.807) is 0 Å². The predicted molar refractivity (Wildman–Crippen MR) is 80.3 cm³/mol. The molecule has 1 aromatic carbocycles. The van der Waals surface area contributed by atoms with Crippen LogP contribution in [0.2, 0.25) is 0 Å². The zero-order valence-electron chi connectivity index (χ0n) is 11.9. The molecule has 0 saturated carbocycles. The van der Waals surface area contributed by atoms with Crippen LogP contribution in [0.5, 0.6) is 0 Å². The maximum atomic E-state index is 3.52. The summed E-state index contributed by atoms with van der Waals surface area (Å²) in [4.78, 5) is 2.58. The summed E-state index contributed by atoms with van der Waals surface area (Å²) in [5.74, 6) is 0.843. The molecule has 19 heavy (non-hydrogen) atoms. The molecule has 104 valence electrons. The van der Waals surface area contributed by atoms with Crippen molar-refractivity contribution in [2.45, 2.75) is 38.6 Å². The summed E-state index contributed by atoms with van der Waals surface area (Å²) < 4.78 is 0. The van der Waals surface area contributed by atoms with Gasteiger partial charge in [-0.05, 0) is 75.3 Å². The van der Waals surface area contributed by atoms with Gasteiger partial charge in [0.15, 0.2) is 0 Å². The van der Waals surface area contributed by atoms with Crippen molar-refractivity contribution < 1.29 is 0 Å². The van der Waals surface area contributed by atoms with Crippen molar-refractivity contribution in [2.75, 3.05) is 26.2 Å². The number of hydrogen-bond donors (Lipinski definition) is 1. The van der Waals surface area contributed by atoms with Crippen molar-refractivity contribution >= 4 is 0 Å². The Morgan fingerprint density at radius 3 is 2.74 bits per heavy atom. The molecule has 2 heterocycles. The van der Waals surface area contributed by atoms with E-state index in [9.17, 15) is 0 Å². The van der Waals surface area contributed by atoms with E-state index >= 15 is 0 Å². The van der Waals surface area contributed by atoms with Gasteiger partial charge in [0.2, 0.25) is 0 Å². The van der Waals surface area contributed by atoms with Crippen LogP contribution >= 0.6 is 0 Å². The van der Waals surface area contributed by atoms with E-state index in [4.69, 9.17) is 0 Å². The topological polar surface area (TPSA) is 15.3 Å². The van der Waals surface area contributed by atoms with Gasteiger partial charge in [0.05, 0.1) is 0 Å². The average Bonchev–Trinajstić information content (AvgIpc) is 2.93. The van der Waals surface area contributed by atoms with Gasteiger partial charge in [0.1, 0.15) is 0 Å². The van der Waals surface area contributed by atoms with E-state index in [0.29, 0.717) is 0 Å². The molecule has 0 radical (unpaired) electrons. The standard InChI is InChI=1S/C17H26N2/c1-2-10-19(9-1)14-17-6-3-5-15(12-17)11-16-7-4-8-18-13-16/h3,5-6,12,16,18H,1-2,4,7-11,13-14H2. The molecule has 0 amide bonds. The van der Waals surface area contributed by atoms with Crippen LogP contribution in [0.3, 0.4) is 0 Å². The van der Waals surface area contributed by atoms with Crippen LogP contribution < -0.4 is 5.32 Å². The molecular weight excluding hydrogens is 232 g/mol. The lowest BCUT2D eigenvalue weighted by Crippen LogP contribution is -2.30. The molecule has 2 nitrogen and oxygen atoms in total. The fourth-order valence-electron chi connectivity index (χ4n) is 3.49. The molecule has 0 aromatic heterocycles. The van der Waals surface area contributed by atoms with Crippen molar-refractivity contribution in [2.24, 2.45) is 5.92 Å². The van der Waals surface area contributed by atoms with Gasteiger partial charge in [0, 0.05) is 6.54 Å². The van der Waals surface area contributed by atoms with Crippen molar-refractivity contribution in [3.05, 3.63) is 35.4 Å². The third-order valence-corrected chi connectivity index (χ3v) is 4.52. The summed E-state index contributed by atoms with van der Waals surface area (Å²) in [7, 11) is 0. The largest absolute Gasteiger partial charge is 0.316 e. The number of likely N-dealkylation sites (tertiary alicyclic amines) is 1. The highest BCUT2D eigenvalue weighted by molar-refractivity contribution is 5.24. The minimum absolute atomic E-state index is 0.843. The molecule has 0 bridgehead atoms. The Hall–Kier alpha value is -0.860. The van der Waals surface area contributed by atoms with Crippen molar-refractivity contribution in [3.63, 3.8) is 0 Å². The van der Waals surface area contributed by atoms with Gasteiger partial charge in [0.25, 0.3) is 0 Å². The first kappa shape index (κ1) is 13.1. The van der Waals surface area contributed by atoms with Crippen LogP contribution in [0.15, 0.2) is 24.3 Å². The molecule has 2 fully saturated rings. The SMILES string of the molecule is c1cc(CC2CCCNC2)cc(CN2CCCC2)c1. The summed E-state index contributed by atoms with van der Waals surface area (Å²) in [6.45, 7) is 6.14. The van der Waals surface area contributed by atoms with Crippen LogP contribution in [0, 0.1) is 5.92 Å². The molecule has 2 aliphatic heterocycles. The maximum absolute atomic E-state index is 3.52. The quantitative estimate of drug-likeness (QED) is 0.893. The Balaban J connectivity index is 1.58. The van der Waals surface area contributed by atoms with Crippen LogP contribution in [-0.4, -0.2) is 31.1 Å². The fourth-order valence-corrected chi connectivity index (χ4v) is 3.49. The number of nitrogens with one attached hydrogen (secondary N) is 1. The second kappa shape index (κ2) is 6.53. The van der Waals surface area contributed by atoms with E-state index in [1.165, 1.54) is 69.4 Å². The monoisotopic (exact) mass is 258 g/mol. The summed E-state index contributed by atoms with van der Waals surface area (Å²) in [5, 5.41) is 3.52. The second-order valence-electron chi connectivity index (χ2n) is 6.22. The molecule has 1 unspecified atom stereocenters. The molecule has 1 aromatic rings. The first-order chi connectivity index (χ1) is 9.40. The molecule has 0 spiro atoms. The summed E-state index contributed by atoms with van der Waals surface area (Å²) in [5.41, 5.74) is 3.04. The van der Waals surface area contributed by atoms with Crippen LogP contribution in [-0.2, 0) is 13.0 Å². The first-order valence-corrected chi connectivity index (χ1v) is 7.91. The Morgan fingerprint density at radius 1 is 1.11 bits per heavy atom. The highest BCUT2D eigenvalue weighted by Crippen LogP contribution is 2.19. The van der Waals surface area contributed by atoms with Crippen molar-refractivity contribution in [3.8, 4) is 0 Å². The smallest absolute Gasteiger partial charge is 0.0233 e. The Kier molecular flexibility index (Phi) is 4.52. The maximum Gasteiger partial charge on any atom is 0.0233 e. The van der Waals surface area contributed by atoms with E-state index in [0.717, 1.165) is 12.5 Å². The van der Waals surface area contributed by atoms with Gasteiger partial charge in [-0.3, -0.25) is 4.90 Å². The number of nitrogens with zero attached hydrogens (tertiary/aromatic N) is 1. The number of rotatable bonds is 4. The zero-order chi connectivity index (χ0) is 12.9. The highest BCUT2D eigenvalue weighted by Gasteiger charge is 2.15. The fraction of sp³-hybridized carbons (Fsp3) is 0.647. The molecule has 1 atom stereocenters. The van der Waals surface area contributed by atoms with E-state index < -0.39 is 0 Å². The molecule has 0 aliphatic carbocycles. The third-order valence-electron chi connectivity index (χ3n) is 4.52. The number of benzene rings is 1. The van der Waals surface area contributed by atoms with Gasteiger partial charge in [-0.15, -0.1) is 0 Å². The molecule has 2 aliphatic rings. The van der Waals surface area contributed by atoms with Crippen molar-refractivity contribution in [1.82, 2.24) is 10.2 Å². The van der Waals surface area contributed by atoms with Gasteiger partial charge in [-0.1, -0.05) is 24.3 Å². The Labute approximate surface area is 117 Å². The predicted octanol–water partition coefficient (Wildman–Crippen LogP) is 2.82. The molecular formula is C17H26N2. The average molecular weight is 258 g/mol. The van der Waals surface area contributed by atoms with Crippen LogP contribution in [0.25, 0.3) is 0 Å². The van der Waals surface area contributed by atoms with E-state index in [2.05, 4.69) is 34.5 Å². The molecule has 2 heteroatoms. The van der Waals surface area contributed by atoms with Gasteiger partial charge >= 0.3 is 0 Å². The molecule has 1 N–H and O–H groups in total. The lowest BCUT2D eigenvalue weighted by atomic mass is 9.92. The summed E-state index contributed by atoms with van der Waals surface area (Å²) in [6.07, 6.45) is 6.75. The normalized spacial score (nSPS) is 24.7. The van der Waals surface area contributed by atoms with E-state index in [-0.39, 0.29) is 0 Å². The Morgan fingerprint density at radius 2 is 1.95 bits per heavy atom. The lowest BCUT2D eigenvalue weighted by molar-refractivity contribution is 0.331. The number of piperidine rings is 1. The first-order valence-electron chi connectivity index (χ1n) is 7.91. The minimum Gasteiger partial charge on any atom is -0.316 e. The minimum atomic E-state index is 0.843. The molecule has 2 saturated heterocycles. The Bertz CT molecular complexity index is 390. The van der Waals surface area contributed by atoms with Crippen molar-refractivity contribution in [1.29, 1.82) is 0 Å².